The van der Waals surface area contributed by atoms with E-state index in [4.69, 9.17) is 4.74 Å². The summed E-state index contributed by atoms with van der Waals surface area (Å²) in [6.07, 6.45) is -1.35. The lowest BCUT2D eigenvalue weighted by atomic mass is 9.83. The molecule has 2 fully saturated rings. The van der Waals surface area contributed by atoms with E-state index in [1.54, 1.807) is 0 Å². The summed E-state index contributed by atoms with van der Waals surface area (Å²) in [4.78, 5) is 0. The van der Waals surface area contributed by atoms with Gasteiger partial charge >= 0.3 is 0 Å². The topological polar surface area (TPSA) is 69.9 Å². The highest BCUT2D eigenvalue weighted by atomic mass is 16.5. The molecule has 3 N–H and O–H groups in total. The highest BCUT2D eigenvalue weighted by Gasteiger charge is 2.50. The fraction of sp³-hybridized carbons (Fsp3) is 1.00. The highest BCUT2D eigenvalue weighted by Crippen LogP contribution is 2.36. The Balaban J connectivity index is 2.17. The summed E-state index contributed by atoms with van der Waals surface area (Å²) in [6, 6.07) is 0. The second kappa shape index (κ2) is 2.17. The normalized spacial score (nSPS) is 56.5. The monoisotopic (exact) mass is 160 g/mol. The molecule has 0 spiro atoms. The maximum Gasteiger partial charge on any atom is 0.106 e. The number of ether oxygens (including phenoxy) is 1. The van der Waals surface area contributed by atoms with Gasteiger partial charge < -0.3 is 20.1 Å². The highest BCUT2D eigenvalue weighted by molar-refractivity contribution is 5.00. The van der Waals surface area contributed by atoms with Gasteiger partial charge in [0.1, 0.15) is 6.10 Å². The van der Waals surface area contributed by atoms with Crippen LogP contribution in [0.1, 0.15) is 12.8 Å². The van der Waals surface area contributed by atoms with E-state index in [1.807, 2.05) is 0 Å². The Morgan fingerprint density at radius 3 is 2.73 bits per heavy atom. The van der Waals surface area contributed by atoms with Gasteiger partial charge in [-0.15, -0.1) is 0 Å². The molecule has 1 saturated carbocycles. The van der Waals surface area contributed by atoms with E-state index < -0.39 is 17.8 Å². The number of aliphatic hydroxyl groups excluding tert-OH is 2. The Bertz CT molecular complexity index is 172. The maximum atomic E-state index is 9.61. The number of hydrogen-bond acceptors (Lipinski definition) is 4. The van der Waals surface area contributed by atoms with Crippen LogP contribution in [-0.2, 0) is 4.74 Å². The van der Waals surface area contributed by atoms with Gasteiger partial charge in [-0.2, -0.15) is 0 Å². The van der Waals surface area contributed by atoms with Crippen LogP contribution in [0.25, 0.3) is 0 Å². The van der Waals surface area contributed by atoms with Gasteiger partial charge in [-0.25, -0.2) is 0 Å². The van der Waals surface area contributed by atoms with Crippen molar-refractivity contribution in [2.45, 2.75) is 36.8 Å². The van der Waals surface area contributed by atoms with Gasteiger partial charge in [0.15, 0.2) is 0 Å². The van der Waals surface area contributed by atoms with Gasteiger partial charge in [-0.05, 0) is 0 Å². The van der Waals surface area contributed by atoms with E-state index in [0.717, 1.165) is 0 Å². The van der Waals surface area contributed by atoms with Gasteiger partial charge in [0.25, 0.3) is 0 Å². The van der Waals surface area contributed by atoms with Crippen molar-refractivity contribution in [2.75, 3.05) is 6.61 Å². The number of rotatable bonds is 0. The minimum Gasteiger partial charge on any atom is -0.390 e. The molecule has 0 aromatic carbocycles. The standard InChI is InChI=1S/C7H12O4/c8-4-1-7(10)2-5(6(4)9)11-3-7/h4-6,8-10H,1-3H2. The predicted octanol–water partition coefficient (Wildman–Crippen LogP) is -1.37. The van der Waals surface area contributed by atoms with Crippen molar-refractivity contribution in [3.05, 3.63) is 0 Å². The van der Waals surface area contributed by atoms with E-state index in [9.17, 15) is 15.3 Å². The van der Waals surface area contributed by atoms with E-state index in [1.165, 1.54) is 0 Å². The van der Waals surface area contributed by atoms with Gasteiger partial charge in [0.05, 0.1) is 24.4 Å². The molecule has 0 aromatic rings. The van der Waals surface area contributed by atoms with E-state index in [0.29, 0.717) is 6.42 Å². The fourth-order valence-electron chi connectivity index (χ4n) is 1.87. The van der Waals surface area contributed by atoms with Gasteiger partial charge in [-0.3, -0.25) is 0 Å². The quantitative estimate of drug-likeness (QED) is 0.409. The van der Waals surface area contributed by atoms with Crippen LogP contribution in [-0.4, -0.2) is 45.8 Å². The molecule has 4 heteroatoms. The van der Waals surface area contributed by atoms with Crippen molar-refractivity contribution in [3.63, 3.8) is 0 Å². The second-order valence-corrected chi connectivity index (χ2v) is 3.54. The summed E-state index contributed by atoms with van der Waals surface area (Å²) >= 11 is 0. The molecule has 1 aliphatic heterocycles. The molecule has 4 nitrogen and oxygen atoms in total. The van der Waals surface area contributed by atoms with Crippen LogP contribution in [0.2, 0.25) is 0 Å². The lowest BCUT2D eigenvalue weighted by Crippen LogP contribution is -2.47. The zero-order valence-corrected chi connectivity index (χ0v) is 6.10. The molecule has 11 heavy (non-hydrogen) atoms. The van der Waals surface area contributed by atoms with Crippen molar-refractivity contribution >= 4 is 0 Å². The second-order valence-electron chi connectivity index (χ2n) is 3.54. The Hall–Kier alpha value is -0.160. The van der Waals surface area contributed by atoms with Crippen LogP contribution in [0.4, 0.5) is 0 Å². The van der Waals surface area contributed by atoms with E-state index in [-0.39, 0.29) is 19.1 Å². The summed E-state index contributed by atoms with van der Waals surface area (Å²) in [5.41, 5.74) is -0.886. The predicted molar refractivity (Wildman–Crippen MR) is 35.9 cm³/mol. The third kappa shape index (κ3) is 1.06. The molecular formula is C7H12O4. The van der Waals surface area contributed by atoms with Crippen LogP contribution in [0.3, 0.4) is 0 Å². The lowest BCUT2D eigenvalue weighted by Gasteiger charge is -2.32. The average Bonchev–Trinajstić information content (AvgIpc) is 2.25. The van der Waals surface area contributed by atoms with Gasteiger partial charge in [-0.1, -0.05) is 0 Å². The summed E-state index contributed by atoms with van der Waals surface area (Å²) in [5.74, 6) is 0. The molecule has 64 valence electrons. The maximum absolute atomic E-state index is 9.61. The van der Waals surface area contributed by atoms with E-state index >= 15 is 0 Å². The Morgan fingerprint density at radius 2 is 2.00 bits per heavy atom. The minimum absolute atomic E-state index is 0.227. The molecule has 1 aliphatic carbocycles. The first-order chi connectivity index (χ1) is 5.11. The van der Waals surface area contributed by atoms with E-state index in [2.05, 4.69) is 0 Å². The third-order valence-corrected chi connectivity index (χ3v) is 2.51. The number of fused-ring (bicyclic) bond motifs is 2. The van der Waals surface area contributed by atoms with Crippen molar-refractivity contribution in [1.82, 2.24) is 0 Å². The molecule has 4 unspecified atom stereocenters. The molecule has 1 heterocycles. The Labute approximate surface area is 64.4 Å². The minimum atomic E-state index is -0.886. The van der Waals surface area contributed by atoms with Crippen molar-refractivity contribution in [1.29, 1.82) is 0 Å². The molecule has 0 aromatic heterocycles. The van der Waals surface area contributed by atoms with Crippen LogP contribution in [0, 0.1) is 0 Å². The van der Waals surface area contributed by atoms with Crippen molar-refractivity contribution in [3.8, 4) is 0 Å². The van der Waals surface area contributed by atoms with Crippen LogP contribution >= 0.6 is 0 Å². The summed E-state index contributed by atoms with van der Waals surface area (Å²) in [6.45, 7) is 0.242. The first kappa shape index (κ1) is 7.49. The Kier molecular flexibility index (Phi) is 1.47. The molecule has 0 amide bonds. The van der Waals surface area contributed by atoms with Crippen molar-refractivity contribution in [2.24, 2.45) is 0 Å². The average molecular weight is 160 g/mol. The zero-order valence-electron chi connectivity index (χ0n) is 6.10. The fourth-order valence-corrected chi connectivity index (χ4v) is 1.87. The number of hydrogen-bond donors (Lipinski definition) is 3. The largest absolute Gasteiger partial charge is 0.390 e. The Morgan fingerprint density at radius 1 is 1.27 bits per heavy atom. The molecular weight excluding hydrogens is 148 g/mol. The van der Waals surface area contributed by atoms with Crippen LogP contribution in [0.15, 0.2) is 0 Å². The SMILES string of the molecule is OC1CC2(O)COC(C2)C1O. The van der Waals surface area contributed by atoms with Gasteiger partial charge in [0.2, 0.25) is 0 Å². The molecule has 2 bridgehead atoms. The molecule has 2 rings (SSSR count). The van der Waals surface area contributed by atoms with Crippen LogP contribution < -0.4 is 0 Å². The smallest absolute Gasteiger partial charge is 0.106 e. The molecule has 1 saturated heterocycles. The zero-order chi connectivity index (χ0) is 8.06. The first-order valence-corrected chi connectivity index (χ1v) is 3.81. The summed E-state index contributed by atoms with van der Waals surface area (Å²) < 4.78 is 5.10. The number of aliphatic hydroxyl groups is 3. The summed E-state index contributed by atoms with van der Waals surface area (Å²) in [5, 5.41) is 28.1. The third-order valence-electron chi connectivity index (χ3n) is 2.51. The molecule has 4 atom stereocenters. The van der Waals surface area contributed by atoms with Crippen LogP contribution in [0.5, 0.6) is 0 Å². The lowest BCUT2D eigenvalue weighted by molar-refractivity contribution is -0.0926. The molecule has 0 radical (unpaired) electrons. The molecule has 2 aliphatic rings. The summed E-state index contributed by atoms with van der Waals surface area (Å²) in [7, 11) is 0. The first-order valence-electron chi connectivity index (χ1n) is 3.81. The van der Waals surface area contributed by atoms with Crippen molar-refractivity contribution < 1.29 is 20.1 Å². The van der Waals surface area contributed by atoms with Gasteiger partial charge in [0, 0.05) is 12.8 Å².